The molecule has 5 nitrogen and oxygen atoms in total. The van der Waals surface area contributed by atoms with Crippen LogP contribution in [0, 0.1) is 0 Å². The van der Waals surface area contributed by atoms with Crippen molar-refractivity contribution in [2.45, 2.75) is 13.0 Å². The molecule has 116 valence electrons. The van der Waals surface area contributed by atoms with Crippen LogP contribution >= 0.6 is 0 Å². The number of para-hydroxylation sites is 1. The molecule has 2 aromatic rings. The number of benzene rings is 1. The molecule has 0 aliphatic heterocycles. The smallest absolute Gasteiger partial charge is 0.317 e. The molecule has 2 rings (SSSR count). The lowest BCUT2D eigenvalue weighted by Gasteiger charge is -2.21. The monoisotopic (exact) mass is 299 g/mol. The Balaban J connectivity index is 1.75. The maximum atomic E-state index is 12.1. The standard InChI is InChI=1S/C17H21N3O2/c1-14(15-8-10-18-11-9-15)19-17(21)20(2)12-13-22-16-6-4-3-5-7-16/h3-11,14H,12-13H2,1-2H3,(H,19,21). The van der Waals surface area contributed by atoms with Gasteiger partial charge in [0.05, 0.1) is 12.6 Å². The molecule has 0 aliphatic rings. The van der Waals surface area contributed by atoms with Gasteiger partial charge in [-0.3, -0.25) is 4.98 Å². The number of likely N-dealkylation sites (N-methyl/N-ethyl adjacent to an activating group) is 1. The lowest BCUT2D eigenvalue weighted by molar-refractivity contribution is 0.192. The topological polar surface area (TPSA) is 54.5 Å². The molecule has 0 bridgehead atoms. The number of hydrogen-bond donors (Lipinski definition) is 1. The second-order valence-corrected chi connectivity index (χ2v) is 5.03. The summed E-state index contributed by atoms with van der Waals surface area (Å²) >= 11 is 0. The van der Waals surface area contributed by atoms with Gasteiger partial charge in [0.1, 0.15) is 12.4 Å². The summed E-state index contributed by atoms with van der Waals surface area (Å²) in [5.74, 6) is 0.807. The van der Waals surface area contributed by atoms with E-state index in [0.717, 1.165) is 11.3 Å². The van der Waals surface area contributed by atoms with E-state index in [-0.39, 0.29) is 12.1 Å². The third-order valence-corrected chi connectivity index (χ3v) is 3.33. The first-order chi connectivity index (χ1) is 10.7. The Hall–Kier alpha value is -2.56. The van der Waals surface area contributed by atoms with Crippen molar-refractivity contribution in [3.05, 3.63) is 60.4 Å². The van der Waals surface area contributed by atoms with Crippen LogP contribution in [0.25, 0.3) is 0 Å². The Morgan fingerprint density at radius 1 is 1.23 bits per heavy atom. The fourth-order valence-corrected chi connectivity index (χ4v) is 1.95. The molecule has 0 aliphatic carbocycles. The van der Waals surface area contributed by atoms with Crippen LogP contribution in [0.4, 0.5) is 4.79 Å². The summed E-state index contributed by atoms with van der Waals surface area (Å²) in [5, 5.41) is 2.95. The van der Waals surface area contributed by atoms with Crippen LogP contribution < -0.4 is 10.1 Å². The lowest BCUT2D eigenvalue weighted by Crippen LogP contribution is -2.40. The number of ether oxygens (including phenoxy) is 1. The minimum Gasteiger partial charge on any atom is -0.492 e. The summed E-state index contributed by atoms with van der Waals surface area (Å²) in [4.78, 5) is 17.7. The molecule has 2 amide bonds. The quantitative estimate of drug-likeness (QED) is 0.892. The highest BCUT2D eigenvalue weighted by molar-refractivity contribution is 5.74. The Morgan fingerprint density at radius 3 is 2.59 bits per heavy atom. The zero-order chi connectivity index (χ0) is 15.8. The van der Waals surface area contributed by atoms with Gasteiger partial charge in [-0.25, -0.2) is 4.79 Å². The van der Waals surface area contributed by atoms with Crippen LogP contribution in [0.1, 0.15) is 18.5 Å². The summed E-state index contributed by atoms with van der Waals surface area (Å²) in [6, 6.07) is 13.2. The molecular weight excluding hydrogens is 278 g/mol. The van der Waals surface area contributed by atoms with Crippen molar-refractivity contribution in [2.24, 2.45) is 0 Å². The zero-order valence-electron chi connectivity index (χ0n) is 12.9. The number of amides is 2. The van der Waals surface area contributed by atoms with Crippen LogP contribution in [-0.2, 0) is 0 Å². The van der Waals surface area contributed by atoms with E-state index >= 15 is 0 Å². The molecule has 0 saturated carbocycles. The van der Waals surface area contributed by atoms with Gasteiger partial charge in [-0.15, -0.1) is 0 Å². The second-order valence-electron chi connectivity index (χ2n) is 5.03. The molecule has 0 fully saturated rings. The van der Waals surface area contributed by atoms with Gasteiger partial charge in [0, 0.05) is 19.4 Å². The maximum Gasteiger partial charge on any atom is 0.317 e. The summed E-state index contributed by atoms with van der Waals surface area (Å²) in [6.45, 7) is 2.92. The van der Waals surface area contributed by atoms with Gasteiger partial charge < -0.3 is 15.0 Å². The molecule has 1 N–H and O–H groups in total. The summed E-state index contributed by atoms with van der Waals surface area (Å²) in [5.41, 5.74) is 1.03. The third kappa shape index (κ3) is 4.77. The molecule has 0 saturated heterocycles. The van der Waals surface area contributed by atoms with E-state index in [1.54, 1.807) is 24.3 Å². The van der Waals surface area contributed by atoms with Crippen LogP contribution in [0.15, 0.2) is 54.9 Å². The first-order valence-corrected chi connectivity index (χ1v) is 7.26. The Bertz CT molecular complexity index is 575. The van der Waals surface area contributed by atoms with Crippen molar-refractivity contribution in [1.82, 2.24) is 15.2 Å². The minimum absolute atomic E-state index is 0.0620. The molecule has 5 heteroatoms. The normalized spacial score (nSPS) is 11.5. The number of hydrogen-bond acceptors (Lipinski definition) is 3. The maximum absolute atomic E-state index is 12.1. The largest absolute Gasteiger partial charge is 0.492 e. The van der Waals surface area contributed by atoms with E-state index in [2.05, 4.69) is 10.3 Å². The van der Waals surface area contributed by atoms with Crippen molar-refractivity contribution in [2.75, 3.05) is 20.2 Å². The van der Waals surface area contributed by atoms with E-state index in [1.807, 2.05) is 49.4 Å². The number of nitrogens with zero attached hydrogens (tertiary/aromatic N) is 2. The van der Waals surface area contributed by atoms with Gasteiger partial charge in [-0.1, -0.05) is 18.2 Å². The van der Waals surface area contributed by atoms with E-state index in [9.17, 15) is 4.79 Å². The summed E-state index contributed by atoms with van der Waals surface area (Å²) < 4.78 is 5.59. The number of carbonyl (C=O) groups is 1. The van der Waals surface area contributed by atoms with Crippen LogP contribution in [0.2, 0.25) is 0 Å². The molecule has 0 spiro atoms. The van der Waals surface area contributed by atoms with Gasteiger partial charge in [-0.05, 0) is 36.8 Å². The van der Waals surface area contributed by atoms with Crippen molar-refractivity contribution >= 4 is 6.03 Å². The summed E-state index contributed by atoms with van der Waals surface area (Å²) in [7, 11) is 1.75. The average molecular weight is 299 g/mol. The van der Waals surface area contributed by atoms with Crippen molar-refractivity contribution in [3.63, 3.8) is 0 Å². The number of carbonyl (C=O) groups excluding carboxylic acids is 1. The number of urea groups is 1. The van der Waals surface area contributed by atoms with E-state index < -0.39 is 0 Å². The molecule has 1 aromatic heterocycles. The SMILES string of the molecule is CC(NC(=O)N(C)CCOc1ccccc1)c1ccncc1. The van der Waals surface area contributed by atoms with Gasteiger partial charge in [0.25, 0.3) is 0 Å². The highest BCUT2D eigenvalue weighted by Gasteiger charge is 2.13. The zero-order valence-corrected chi connectivity index (χ0v) is 12.9. The van der Waals surface area contributed by atoms with Gasteiger partial charge >= 0.3 is 6.03 Å². The molecule has 1 heterocycles. The first-order valence-electron chi connectivity index (χ1n) is 7.26. The molecule has 1 aromatic carbocycles. The van der Waals surface area contributed by atoms with Gasteiger partial charge in [-0.2, -0.15) is 0 Å². The molecular formula is C17H21N3O2. The number of nitrogens with one attached hydrogen (secondary N) is 1. The molecule has 22 heavy (non-hydrogen) atoms. The van der Waals surface area contributed by atoms with Crippen molar-refractivity contribution in [1.29, 1.82) is 0 Å². The lowest BCUT2D eigenvalue weighted by atomic mass is 10.1. The highest BCUT2D eigenvalue weighted by atomic mass is 16.5. The summed E-state index contributed by atoms with van der Waals surface area (Å²) in [6.07, 6.45) is 3.44. The van der Waals surface area contributed by atoms with E-state index in [4.69, 9.17) is 4.74 Å². The first kappa shape index (κ1) is 15.8. The van der Waals surface area contributed by atoms with Crippen LogP contribution in [-0.4, -0.2) is 36.1 Å². The molecule has 0 radical (unpaired) electrons. The predicted octanol–water partition coefficient (Wildman–Crippen LogP) is 2.86. The molecule has 1 unspecified atom stereocenters. The number of aromatic nitrogens is 1. The van der Waals surface area contributed by atoms with Crippen molar-refractivity contribution < 1.29 is 9.53 Å². The van der Waals surface area contributed by atoms with Crippen molar-refractivity contribution in [3.8, 4) is 5.75 Å². The average Bonchev–Trinajstić information content (AvgIpc) is 2.56. The van der Waals surface area contributed by atoms with Gasteiger partial charge in [0.15, 0.2) is 0 Å². The minimum atomic E-state index is -0.124. The third-order valence-electron chi connectivity index (χ3n) is 3.33. The van der Waals surface area contributed by atoms with E-state index in [0.29, 0.717) is 13.2 Å². The Labute approximate surface area is 130 Å². The van der Waals surface area contributed by atoms with Crippen LogP contribution in [0.5, 0.6) is 5.75 Å². The molecule has 1 atom stereocenters. The number of rotatable bonds is 6. The second kappa shape index (κ2) is 8.02. The fraction of sp³-hybridized carbons (Fsp3) is 0.294. The van der Waals surface area contributed by atoms with Gasteiger partial charge in [0.2, 0.25) is 0 Å². The fourth-order valence-electron chi connectivity index (χ4n) is 1.95. The van der Waals surface area contributed by atoms with Crippen LogP contribution in [0.3, 0.4) is 0 Å². The Morgan fingerprint density at radius 2 is 1.91 bits per heavy atom. The predicted molar refractivity (Wildman–Crippen MR) is 85.8 cm³/mol. The Kier molecular flexibility index (Phi) is 5.77. The van der Waals surface area contributed by atoms with E-state index in [1.165, 1.54) is 0 Å². The number of pyridine rings is 1. The highest BCUT2D eigenvalue weighted by Crippen LogP contribution is 2.11.